The highest BCUT2D eigenvalue weighted by molar-refractivity contribution is 6.33. The van der Waals surface area contributed by atoms with Gasteiger partial charge in [0, 0.05) is 37.9 Å². The summed E-state index contributed by atoms with van der Waals surface area (Å²) in [5.41, 5.74) is 2.25. The van der Waals surface area contributed by atoms with Crippen LogP contribution in [0.3, 0.4) is 0 Å². The lowest BCUT2D eigenvalue weighted by Gasteiger charge is -2.26. The number of hydrogen-bond donors (Lipinski definition) is 3. The third-order valence-electron chi connectivity index (χ3n) is 5.25. The first-order valence-electron chi connectivity index (χ1n) is 9.40. The number of carbonyl (C=O) groups is 1. The van der Waals surface area contributed by atoms with Gasteiger partial charge < -0.3 is 10.2 Å². The Balaban J connectivity index is 1.51. The summed E-state index contributed by atoms with van der Waals surface area (Å²) in [5.74, 6) is 0.957. The SMILES string of the molecule is O=C(C=Cc1cnc(N[C@@H]2CCN(CC3CCCCC3)C2)c(Cl)c1)NO. The molecule has 6 nitrogen and oxygen atoms in total. The Hall–Kier alpha value is -1.63. The second-order valence-electron chi connectivity index (χ2n) is 7.30. The number of anilines is 1. The largest absolute Gasteiger partial charge is 0.365 e. The smallest absolute Gasteiger partial charge is 0.267 e. The third-order valence-corrected chi connectivity index (χ3v) is 5.54. The van der Waals surface area contributed by atoms with E-state index in [0.29, 0.717) is 22.4 Å². The standard InChI is InChI=1S/C19H27ClN4O2/c20-17-10-15(6-7-18(25)23-26)11-21-19(17)22-16-8-9-24(13-16)12-14-4-2-1-3-5-14/h6-7,10-11,14,16,26H,1-5,8-9,12-13H2,(H,21,22)(H,23,25)/t16-/m1/s1. The number of aromatic nitrogens is 1. The minimum atomic E-state index is -0.590. The fourth-order valence-corrected chi connectivity index (χ4v) is 4.13. The second kappa shape index (κ2) is 9.35. The van der Waals surface area contributed by atoms with Gasteiger partial charge in [0.25, 0.3) is 5.91 Å². The molecule has 1 aliphatic heterocycles. The topological polar surface area (TPSA) is 77.5 Å². The average molecular weight is 379 g/mol. The van der Waals surface area contributed by atoms with E-state index in [2.05, 4.69) is 15.2 Å². The van der Waals surface area contributed by atoms with Crippen molar-refractivity contribution in [3.63, 3.8) is 0 Å². The lowest BCUT2D eigenvalue weighted by atomic mass is 9.89. The number of likely N-dealkylation sites (tertiary alicyclic amines) is 1. The molecule has 1 amide bonds. The first-order valence-corrected chi connectivity index (χ1v) is 9.78. The van der Waals surface area contributed by atoms with Crippen molar-refractivity contribution in [2.24, 2.45) is 5.92 Å². The van der Waals surface area contributed by atoms with Crippen molar-refractivity contribution in [2.75, 3.05) is 25.0 Å². The minimum Gasteiger partial charge on any atom is -0.365 e. The number of hydroxylamine groups is 1. The van der Waals surface area contributed by atoms with Gasteiger partial charge in [-0.05, 0) is 42.9 Å². The highest BCUT2D eigenvalue weighted by Crippen LogP contribution is 2.27. The summed E-state index contributed by atoms with van der Waals surface area (Å²) in [7, 11) is 0. The maximum Gasteiger partial charge on any atom is 0.267 e. The molecule has 2 fully saturated rings. The van der Waals surface area contributed by atoms with Crippen LogP contribution in [0.2, 0.25) is 5.02 Å². The van der Waals surface area contributed by atoms with Crippen LogP contribution in [0, 0.1) is 5.92 Å². The Bertz CT molecular complexity index is 646. The molecule has 0 aromatic carbocycles. The van der Waals surface area contributed by atoms with Crippen LogP contribution >= 0.6 is 11.6 Å². The first-order chi connectivity index (χ1) is 12.6. The van der Waals surface area contributed by atoms with Crippen molar-refractivity contribution >= 4 is 29.4 Å². The molecule has 1 aromatic heterocycles. The van der Waals surface area contributed by atoms with Crippen LogP contribution in [0.25, 0.3) is 6.08 Å². The van der Waals surface area contributed by atoms with Gasteiger partial charge in [-0.2, -0.15) is 0 Å². The van der Waals surface area contributed by atoms with Gasteiger partial charge in [0.15, 0.2) is 0 Å². The molecule has 7 heteroatoms. The predicted octanol–water partition coefficient (Wildman–Crippen LogP) is 3.32. The molecular formula is C19H27ClN4O2. The van der Waals surface area contributed by atoms with E-state index in [1.54, 1.807) is 23.8 Å². The number of halogens is 1. The Morgan fingerprint density at radius 3 is 2.88 bits per heavy atom. The maximum atomic E-state index is 11.0. The van der Waals surface area contributed by atoms with E-state index in [0.717, 1.165) is 25.4 Å². The van der Waals surface area contributed by atoms with Gasteiger partial charge in [-0.25, -0.2) is 10.5 Å². The van der Waals surface area contributed by atoms with Gasteiger partial charge in [0.1, 0.15) is 5.82 Å². The second-order valence-corrected chi connectivity index (χ2v) is 7.71. The molecule has 1 aliphatic carbocycles. The summed E-state index contributed by atoms with van der Waals surface area (Å²) in [6.45, 7) is 3.38. The number of nitrogens with zero attached hydrogens (tertiary/aromatic N) is 2. The molecular weight excluding hydrogens is 352 g/mol. The molecule has 1 saturated heterocycles. The molecule has 0 spiro atoms. The first kappa shape index (κ1) is 19.1. The Morgan fingerprint density at radius 2 is 2.15 bits per heavy atom. The van der Waals surface area contributed by atoms with Gasteiger partial charge in [-0.15, -0.1) is 0 Å². The lowest BCUT2D eigenvalue weighted by molar-refractivity contribution is -0.124. The molecule has 2 aliphatic rings. The molecule has 3 N–H and O–H groups in total. The van der Waals surface area contributed by atoms with Crippen molar-refractivity contribution in [1.82, 2.24) is 15.4 Å². The summed E-state index contributed by atoms with van der Waals surface area (Å²) in [4.78, 5) is 18.0. The molecule has 0 bridgehead atoms. The van der Waals surface area contributed by atoms with E-state index in [9.17, 15) is 4.79 Å². The Morgan fingerprint density at radius 1 is 1.35 bits per heavy atom. The minimum absolute atomic E-state index is 0.366. The van der Waals surface area contributed by atoms with Crippen LogP contribution in [0.1, 0.15) is 44.1 Å². The fourth-order valence-electron chi connectivity index (χ4n) is 3.90. The Kier molecular flexibility index (Phi) is 6.88. The Labute approximate surface area is 159 Å². The normalized spacial score (nSPS) is 22.0. The molecule has 2 heterocycles. The number of nitrogens with one attached hydrogen (secondary N) is 2. The van der Waals surface area contributed by atoms with Crippen molar-refractivity contribution in [1.29, 1.82) is 0 Å². The molecule has 1 aromatic rings. The van der Waals surface area contributed by atoms with Gasteiger partial charge >= 0.3 is 0 Å². The van der Waals surface area contributed by atoms with Crippen molar-refractivity contribution in [3.8, 4) is 0 Å². The fraction of sp³-hybridized carbons (Fsp3) is 0.579. The summed E-state index contributed by atoms with van der Waals surface area (Å²) < 4.78 is 0. The zero-order valence-corrected chi connectivity index (χ0v) is 15.7. The number of amides is 1. The van der Waals surface area contributed by atoms with E-state index in [1.807, 2.05) is 0 Å². The van der Waals surface area contributed by atoms with E-state index in [1.165, 1.54) is 44.7 Å². The number of carbonyl (C=O) groups excluding carboxylic acids is 1. The summed E-state index contributed by atoms with van der Waals surface area (Å²) in [6.07, 6.45) is 12.5. The van der Waals surface area contributed by atoms with Crippen LogP contribution < -0.4 is 10.8 Å². The maximum absolute atomic E-state index is 11.0. The zero-order chi connectivity index (χ0) is 18.4. The molecule has 1 atom stereocenters. The van der Waals surface area contributed by atoms with Gasteiger partial charge in [-0.1, -0.05) is 30.9 Å². The molecule has 0 unspecified atom stereocenters. The van der Waals surface area contributed by atoms with Crippen molar-refractivity contribution < 1.29 is 10.0 Å². The number of rotatable bonds is 6. The summed E-state index contributed by atoms with van der Waals surface area (Å²) in [6, 6.07) is 2.12. The van der Waals surface area contributed by atoms with Gasteiger partial charge in [0.2, 0.25) is 0 Å². The van der Waals surface area contributed by atoms with Gasteiger partial charge in [0.05, 0.1) is 5.02 Å². The molecule has 26 heavy (non-hydrogen) atoms. The van der Waals surface area contributed by atoms with Gasteiger partial charge in [-0.3, -0.25) is 10.0 Å². The number of pyridine rings is 1. The summed E-state index contributed by atoms with van der Waals surface area (Å²) >= 11 is 6.33. The van der Waals surface area contributed by atoms with Crippen molar-refractivity contribution in [3.05, 3.63) is 28.9 Å². The third kappa shape index (κ3) is 5.43. The van der Waals surface area contributed by atoms with Crippen LogP contribution in [0.5, 0.6) is 0 Å². The van der Waals surface area contributed by atoms with Crippen LogP contribution in [0.4, 0.5) is 5.82 Å². The van der Waals surface area contributed by atoms with E-state index < -0.39 is 5.91 Å². The molecule has 3 rings (SSSR count). The van der Waals surface area contributed by atoms with E-state index in [4.69, 9.17) is 16.8 Å². The highest BCUT2D eigenvalue weighted by Gasteiger charge is 2.26. The van der Waals surface area contributed by atoms with Crippen molar-refractivity contribution in [2.45, 2.75) is 44.6 Å². The molecule has 0 radical (unpaired) electrons. The lowest BCUT2D eigenvalue weighted by Crippen LogP contribution is -2.31. The van der Waals surface area contributed by atoms with Crippen LogP contribution in [-0.4, -0.2) is 46.7 Å². The summed E-state index contributed by atoms with van der Waals surface area (Å²) in [5, 5.41) is 12.5. The van der Waals surface area contributed by atoms with Crippen LogP contribution in [-0.2, 0) is 4.79 Å². The monoisotopic (exact) mass is 378 g/mol. The highest BCUT2D eigenvalue weighted by atomic mass is 35.5. The van der Waals surface area contributed by atoms with Crippen LogP contribution in [0.15, 0.2) is 18.3 Å². The zero-order valence-electron chi connectivity index (χ0n) is 15.0. The average Bonchev–Trinajstić information content (AvgIpc) is 3.09. The quantitative estimate of drug-likeness (QED) is 0.402. The predicted molar refractivity (Wildman–Crippen MR) is 103 cm³/mol. The molecule has 1 saturated carbocycles. The van der Waals surface area contributed by atoms with E-state index in [-0.39, 0.29) is 0 Å². The van der Waals surface area contributed by atoms with E-state index >= 15 is 0 Å². The molecule has 142 valence electrons. The number of hydrogen-bond acceptors (Lipinski definition) is 5.